The normalized spacial score (nSPS) is 22.2. The van der Waals surface area contributed by atoms with Crippen LogP contribution in [-0.2, 0) is 23.6 Å². The smallest absolute Gasteiger partial charge is 0.0329 e. The number of aryl methyl sites for hydroxylation is 1. The van der Waals surface area contributed by atoms with Crippen LogP contribution in [0.15, 0.2) is 24.3 Å². The predicted octanol–water partition coefficient (Wildman–Crippen LogP) is 2.29. The summed E-state index contributed by atoms with van der Waals surface area (Å²) in [6.45, 7) is 3.04. The molecule has 0 radical (unpaired) electrons. The average molecular weight is 265 g/mol. The molecule has 0 aromatic heterocycles. The van der Waals surface area contributed by atoms with E-state index in [0.29, 0.717) is 11.3 Å². The van der Waals surface area contributed by atoms with Crippen molar-refractivity contribution in [3.8, 4) is 0 Å². The third-order valence-corrected chi connectivity index (χ3v) is 5.27. The molecular formula is C15H23NOS. The first-order chi connectivity index (χ1) is 8.66. The van der Waals surface area contributed by atoms with Crippen LogP contribution < -0.4 is 5.32 Å². The third kappa shape index (κ3) is 3.66. The summed E-state index contributed by atoms with van der Waals surface area (Å²) in [5, 5.41) is 3.91. The van der Waals surface area contributed by atoms with Gasteiger partial charge < -0.3 is 5.32 Å². The zero-order chi connectivity index (χ0) is 13.0. The van der Waals surface area contributed by atoms with Crippen LogP contribution in [0.2, 0.25) is 0 Å². The molecule has 2 nitrogen and oxygen atoms in total. The van der Waals surface area contributed by atoms with E-state index in [1.165, 1.54) is 24.0 Å². The van der Waals surface area contributed by atoms with Gasteiger partial charge in [0.2, 0.25) is 0 Å². The van der Waals surface area contributed by atoms with Gasteiger partial charge in [0, 0.05) is 28.3 Å². The third-order valence-electron chi connectivity index (χ3n) is 3.90. The Morgan fingerprint density at radius 1 is 1.39 bits per heavy atom. The Bertz CT molecular complexity index is 419. The molecule has 2 rings (SSSR count). The predicted molar refractivity (Wildman–Crippen MR) is 78.4 cm³/mol. The standard InChI is InChI=1S/C15H23NOS/c1-12(18(2)17)9-10-16-15-8-7-13-5-3-4-6-14(13)11-15/h3-6,12,15-16H,7-11H2,1-2H3/t12-,15-,18+/m1/s1. The summed E-state index contributed by atoms with van der Waals surface area (Å²) in [7, 11) is -0.693. The molecule has 0 spiro atoms. The Morgan fingerprint density at radius 2 is 2.11 bits per heavy atom. The van der Waals surface area contributed by atoms with Crippen LogP contribution >= 0.6 is 0 Å². The monoisotopic (exact) mass is 265 g/mol. The second kappa shape index (κ2) is 6.48. The lowest BCUT2D eigenvalue weighted by molar-refractivity contribution is 0.453. The summed E-state index contributed by atoms with van der Waals surface area (Å²) >= 11 is 0. The first kappa shape index (κ1) is 13.8. The van der Waals surface area contributed by atoms with Gasteiger partial charge >= 0.3 is 0 Å². The van der Waals surface area contributed by atoms with Gasteiger partial charge in [0.1, 0.15) is 0 Å². The lowest BCUT2D eigenvalue weighted by atomic mass is 9.88. The number of rotatable bonds is 5. The Labute approximate surface area is 113 Å². The van der Waals surface area contributed by atoms with Crippen LogP contribution in [0, 0.1) is 0 Å². The molecule has 1 aromatic rings. The number of hydrogen-bond acceptors (Lipinski definition) is 2. The van der Waals surface area contributed by atoms with Gasteiger partial charge in [0.25, 0.3) is 0 Å². The van der Waals surface area contributed by atoms with Gasteiger partial charge in [-0.15, -0.1) is 0 Å². The van der Waals surface area contributed by atoms with Crippen molar-refractivity contribution in [3.05, 3.63) is 35.4 Å². The molecule has 100 valence electrons. The molecule has 3 heteroatoms. The molecule has 0 saturated heterocycles. The minimum atomic E-state index is -0.693. The maximum absolute atomic E-state index is 11.3. The van der Waals surface area contributed by atoms with Crippen molar-refractivity contribution < 1.29 is 4.21 Å². The summed E-state index contributed by atoms with van der Waals surface area (Å²) in [5.41, 5.74) is 3.01. The van der Waals surface area contributed by atoms with Crippen molar-refractivity contribution in [1.29, 1.82) is 0 Å². The lowest BCUT2D eigenvalue weighted by Gasteiger charge is -2.26. The van der Waals surface area contributed by atoms with E-state index in [-0.39, 0.29) is 0 Å². The second-order valence-corrected chi connectivity index (χ2v) is 7.06. The maximum Gasteiger partial charge on any atom is 0.0329 e. The average Bonchev–Trinajstić information content (AvgIpc) is 2.38. The molecule has 1 N–H and O–H groups in total. The molecule has 0 aliphatic heterocycles. The van der Waals surface area contributed by atoms with Crippen LogP contribution in [0.3, 0.4) is 0 Å². The molecule has 1 aliphatic carbocycles. The van der Waals surface area contributed by atoms with Gasteiger partial charge in [-0.05, 0) is 43.4 Å². The molecule has 0 heterocycles. The van der Waals surface area contributed by atoms with Gasteiger partial charge in [-0.2, -0.15) is 0 Å². The number of nitrogens with one attached hydrogen (secondary N) is 1. The van der Waals surface area contributed by atoms with Gasteiger partial charge in [-0.1, -0.05) is 31.2 Å². The van der Waals surface area contributed by atoms with Crippen molar-refractivity contribution in [2.24, 2.45) is 0 Å². The maximum atomic E-state index is 11.3. The summed E-state index contributed by atoms with van der Waals surface area (Å²) < 4.78 is 11.3. The zero-order valence-corrected chi connectivity index (χ0v) is 12.1. The van der Waals surface area contributed by atoms with Crippen LogP contribution in [0.1, 0.15) is 30.9 Å². The van der Waals surface area contributed by atoms with E-state index in [2.05, 4.69) is 36.5 Å². The van der Waals surface area contributed by atoms with Crippen LogP contribution in [0.25, 0.3) is 0 Å². The van der Waals surface area contributed by atoms with Crippen molar-refractivity contribution >= 4 is 10.8 Å². The van der Waals surface area contributed by atoms with E-state index < -0.39 is 10.8 Å². The fourth-order valence-electron chi connectivity index (χ4n) is 2.53. The van der Waals surface area contributed by atoms with E-state index >= 15 is 0 Å². The van der Waals surface area contributed by atoms with Crippen molar-refractivity contribution in [3.63, 3.8) is 0 Å². The molecule has 18 heavy (non-hydrogen) atoms. The highest BCUT2D eigenvalue weighted by atomic mass is 32.2. The van der Waals surface area contributed by atoms with Crippen LogP contribution in [0.5, 0.6) is 0 Å². The van der Waals surface area contributed by atoms with E-state index in [4.69, 9.17) is 0 Å². The Kier molecular flexibility index (Phi) is 4.95. The van der Waals surface area contributed by atoms with E-state index in [9.17, 15) is 4.21 Å². The topological polar surface area (TPSA) is 29.1 Å². The fourth-order valence-corrected chi connectivity index (χ4v) is 2.98. The zero-order valence-electron chi connectivity index (χ0n) is 11.3. The highest BCUT2D eigenvalue weighted by molar-refractivity contribution is 7.84. The van der Waals surface area contributed by atoms with E-state index in [1.807, 2.05) is 0 Å². The minimum Gasteiger partial charge on any atom is -0.314 e. The molecule has 1 aliphatic rings. The summed E-state index contributed by atoms with van der Waals surface area (Å²) in [6, 6.07) is 9.34. The fraction of sp³-hybridized carbons (Fsp3) is 0.600. The quantitative estimate of drug-likeness (QED) is 0.885. The summed E-state index contributed by atoms with van der Waals surface area (Å²) in [5.74, 6) is 0. The molecule has 0 amide bonds. The van der Waals surface area contributed by atoms with Gasteiger partial charge in [0.05, 0.1) is 0 Å². The van der Waals surface area contributed by atoms with Crippen LogP contribution in [0.4, 0.5) is 0 Å². The number of hydrogen-bond donors (Lipinski definition) is 1. The SMILES string of the molecule is C[C@H](CCN[C@@H]1CCc2ccccc2C1)[S@](C)=O. The molecular weight excluding hydrogens is 242 g/mol. The Morgan fingerprint density at radius 3 is 2.83 bits per heavy atom. The number of benzene rings is 1. The molecule has 3 atom stereocenters. The second-order valence-electron chi connectivity index (χ2n) is 5.26. The Balaban J connectivity index is 1.78. The van der Waals surface area contributed by atoms with Gasteiger partial charge in [-0.25, -0.2) is 0 Å². The van der Waals surface area contributed by atoms with Gasteiger partial charge in [0.15, 0.2) is 0 Å². The highest BCUT2D eigenvalue weighted by Crippen LogP contribution is 2.20. The van der Waals surface area contributed by atoms with E-state index in [0.717, 1.165) is 19.4 Å². The van der Waals surface area contributed by atoms with Gasteiger partial charge in [-0.3, -0.25) is 4.21 Å². The molecule has 0 saturated carbocycles. The van der Waals surface area contributed by atoms with Crippen molar-refractivity contribution in [1.82, 2.24) is 5.32 Å². The lowest BCUT2D eigenvalue weighted by Crippen LogP contribution is -2.36. The molecule has 0 bridgehead atoms. The van der Waals surface area contributed by atoms with Crippen molar-refractivity contribution in [2.75, 3.05) is 12.8 Å². The van der Waals surface area contributed by atoms with Crippen LogP contribution in [-0.4, -0.2) is 28.3 Å². The first-order valence-electron chi connectivity index (χ1n) is 6.79. The number of fused-ring (bicyclic) bond motifs is 1. The molecule has 1 aromatic carbocycles. The van der Waals surface area contributed by atoms with E-state index in [1.54, 1.807) is 6.26 Å². The largest absolute Gasteiger partial charge is 0.314 e. The summed E-state index contributed by atoms with van der Waals surface area (Å²) in [6.07, 6.45) is 6.34. The molecule has 0 unspecified atom stereocenters. The summed E-state index contributed by atoms with van der Waals surface area (Å²) in [4.78, 5) is 0. The van der Waals surface area contributed by atoms with Crippen molar-refractivity contribution in [2.45, 2.75) is 43.9 Å². The molecule has 0 fully saturated rings. The minimum absolute atomic E-state index is 0.299. The Hall–Kier alpha value is -0.670. The first-order valence-corrected chi connectivity index (χ1v) is 8.41. The highest BCUT2D eigenvalue weighted by Gasteiger charge is 2.17.